The van der Waals surface area contributed by atoms with Gasteiger partial charge >= 0.3 is 0 Å². The number of hydrogen-bond acceptors (Lipinski definition) is 3. The molecule has 1 aromatic rings. The van der Waals surface area contributed by atoms with Crippen molar-refractivity contribution < 1.29 is 13.9 Å². The fourth-order valence-electron chi connectivity index (χ4n) is 1.48. The Hall–Kier alpha value is -1.00. The van der Waals surface area contributed by atoms with E-state index in [9.17, 15) is 4.39 Å². The molecular weight excluding hydrogens is 221 g/mol. The summed E-state index contributed by atoms with van der Waals surface area (Å²) in [6, 6.07) is 3.16. The van der Waals surface area contributed by atoms with E-state index in [1.165, 1.54) is 0 Å². The Bertz CT molecular complexity index is 373. The molecule has 2 N–H and O–H groups in total. The molecule has 0 fully saturated rings. The molecule has 0 spiro atoms. The molecule has 1 aliphatic rings. The molecular formula is C10H11ClFNO2. The van der Waals surface area contributed by atoms with Gasteiger partial charge in [-0.25, -0.2) is 4.39 Å². The van der Waals surface area contributed by atoms with E-state index >= 15 is 0 Å². The quantitative estimate of drug-likeness (QED) is 0.869. The molecule has 1 aromatic carbocycles. The summed E-state index contributed by atoms with van der Waals surface area (Å²) < 4.78 is 23.8. The molecule has 5 heteroatoms. The van der Waals surface area contributed by atoms with E-state index in [1.54, 1.807) is 12.1 Å². The van der Waals surface area contributed by atoms with Crippen LogP contribution in [0.4, 0.5) is 4.39 Å². The minimum Gasteiger partial charge on any atom is -0.454 e. The Morgan fingerprint density at radius 3 is 3.00 bits per heavy atom. The average molecular weight is 232 g/mol. The Labute approximate surface area is 91.9 Å². The van der Waals surface area contributed by atoms with Gasteiger partial charge in [0.1, 0.15) is 6.17 Å². The first kappa shape index (κ1) is 10.5. The Balaban J connectivity index is 2.30. The summed E-state index contributed by atoms with van der Waals surface area (Å²) in [5.74, 6) is 0.984. The van der Waals surface area contributed by atoms with E-state index in [0.29, 0.717) is 28.6 Å². The Morgan fingerprint density at radius 1 is 1.47 bits per heavy atom. The maximum Gasteiger partial charge on any atom is 0.231 e. The van der Waals surface area contributed by atoms with Crippen LogP contribution in [0.25, 0.3) is 0 Å². The van der Waals surface area contributed by atoms with Crippen LogP contribution in [0.3, 0.4) is 0 Å². The highest BCUT2D eigenvalue weighted by Gasteiger charge is 2.21. The maximum absolute atomic E-state index is 13.5. The van der Waals surface area contributed by atoms with Gasteiger partial charge in [-0.05, 0) is 30.7 Å². The second-order valence-electron chi connectivity index (χ2n) is 3.28. The third kappa shape index (κ3) is 2.01. The molecule has 15 heavy (non-hydrogen) atoms. The second kappa shape index (κ2) is 4.24. The summed E-state index contributed by atoms with van der Waals surface area (Å²) in [6.45, 7) is 0.430. The van der Waals surface area contributed by atoms with E-state index < -0.39 is 6.17 Å². The molecule has 0 radical (unpaired) electrons. The van der Waals surface area contributed by atoms with Crippen LogP contribution in [0.1, 0.15) is 18.2 Å². The standard InChI is InChI=1S/C10H11ClFNO2/c11-7-3-6(8(12)1-2-13)4-9-10(7)15-5-14-9/h3-4,8H,1-2,5,13H2. The summed E-state index contributed by atoms with van der Waals surface area (Å²) in [5, 5.41) is 0.375. The first-order valence-electron chi connectivity index (χ1n) is 4.65. The van der Waals surface area contributed by atoms with E-state index in [4.69, 9.17) is 26.8 Å². The van der Waals surface area contributed by atoms with Gasteiger partial charge in [-0.1, -0.05) is 11.6 Å². The summed E-state index contributed by atoms with van der Waals surface area (Å²) in [6.07, 6.45) is -0.835. The fraction of sp³-hybridized carbons (Fsp3) is 0.400. The normalized spacial score (nSPS) is 15.4. The second-order valence-corrected chi connectivity index (χ2v) is 3.69. The Morgan fingerprint density at radius 2 is 2.27 bits per heavy atom. The molecule has 1 heterocycles. The molecule has 0 amide bonds. The molecule has 0 saturated heterocycles. The van der Waals surface area contributed by atoms with Gasteiger partial charge in [0.15, 0.2) is 11.5 Å². The average Bonchev–Trinajstić information content (AvgIpc) is 2.66. The van der Waals surface area contributed by atoms with Crippen LogP contribution in [0.5, 0.6) is 11.5 Å². The van der Waals surface area contributed by atoms with E-state index in [2.05, 4.69) is 0 Å². The van der Waals surface area contributed by atoms with Crippen LogP contribution in [0.15, 0.2) is 12.1 Å². The number of rotatable bonds is 3. The Kier molecular flexibility index (Phi) is 2.98. The number of nitrogens with two attached hydrogens (primary N) is 1. The minimum absolute atomic E-state index is 0.131. The predicted octanol–water partition coefficient (Wildman–Crippen LogP) is 2.43. The van der Waals surface area contributed by atoms with Gasteiger partial charge in [0, 0.05) is 0 Å². The van der Waals surface area contributed by atoms with Crippen molar-refractivity contribution in [2.45, 2.75) is 12.6 Å². The molecule has 0 bridgehead atoms. The van der Waals surface area contributed by atoms with E-state index in [0.717, 1.165) is 0 Å². The lowest BCUT2D eigenvalue weighted by Crippen LogP contribution is -2.03. The highest BCUT2D eigenvalue weighted by atomic mass is 35.5. The number of hydrogen-bond donors (Lipinski definition) is 1. The lowest BCUT2D eigenvalue weighted by atomic mass is 10.1. The fourth-order valence-corrected chi connectivity index (χ4v) is 1.75. The molecule has 1 unspecified atom stereocenters. The van der Waals surface area contributed by atoms with Crippen molar-refractivity contribution >= 4 is 11.6 Å². The van der Waals surface area contributed by atoms with Crippen molar-refractivity contribution in [3.8, 4) is 11.5 Å². The maximum atomic E-state index is 13.5. The lowest BCUT2D eigenvalue weighted by Gasteiger charge is -2.08. The van der Waals surface area contributed by atoms with Gasteiger partial charge in [-0.2, -0.15) is 0 Å². The first-order chi connectivity index (χ1) is 7.22. The van der Waals surface area contributed by atoms with Crippen molar-refractivity contribution in [3.63, 3.8) is 0 Å². The zero-order valence-electron chi connectivity index (χ0n) is 8.00. The summed E-state index contributed by atoms with van der Waals surface area (Å²) in [4.78, 5) is 0. The third-order valence-corrected chi connectivity index (χ3v) is 2.51. The molecule has 0 aliphatic carbocycles. The van der Waals surface area contributed by atoms with Crippen LogP contribution in [-0.2, 0) is 0 Å². The summed E-state index contributed by atoms with van der Waals surface area (Å²) in [7, 11) is 0. The molecule has 0 saturated carbocycles. The van der Waals surface area contributed by atoms with Crippen LogP contribution in [0, 0.1) is 0 Å². The monoisotopic (exact) mass is 231 g/mol. The van der Waals surface area contributed by atoms with Crippen molar-refractivity contribution in [3.05, 3.63) is 22.7 Å². The molecule has 0 aromatic heterocycles. The first-order valence-corrected chi connectivity index (χ1v) is 5.03. The number of ether oxygens (including phenoxy) is 2. The van der Waals surface area contributed by atoms with Gasteiger partial charge < -0.3 is 15.2 Å². The van der Waals surface area contributed by atoms with Gasteiger partial charge in [0.2, 0.25) is 6.79 Å². The molecule has 1 atom stereocenters. The van der Waals surface area contributed by atoms with Crippen molar-refractivity contribution in [1.82, 2.24) is 0 Å². The van der Waals surface area contributed by atoms with E-state index in [1.807, 2.05) is 0 Å². The number of fused-ring (bicyclic) bond motifs is 1. The van der Waals surface area contributed by atoms with Crippen molar-refractivity contribution in [1.29, 1.82) is 0 Å². The highest BCUT2D eigenvalue weighted by Crippen LogP contribution is 2.41. The van der Waals surface area contributed by atoms with Gasteiger partial charge in [-0.15, -0.1) is 0 Å². The highest BCUT2D eigenvalue weighted by molar-refractivity contribution is 6.32. The van der Waals surface area contributed by atoms with Crippen LogP contribution in [0.2, 0.25) is 5.02 Å². The minimum atomic E-state index is -1.11. The largest absolute Gasteiger partial charge is 0.454 e. The molecule has 3 nitrogen and oxygen atoms in total. The summed E-state index contributed by atoms with van der Waals surface area (Å²) in [5.41, 5.74) is 5.77. The van der Waals surface area contributed by atoms with Crippen molar-refractivity contribution in [2.75, 3.05) is 13.3 Å². The van der Waals surface area contributed by atoms with Crippen LogP contribution < -0.4 is 15.2 Å². The number of halogens is 2. The summed E-state index contributed by atoms with van der Waals surface area (Å²) >= 11 is 5.92. The van der Waals surface area contributed by atoms with Crippen molar-refractivity contribution in [2.24, 2.45) is 5.73 Å². The number of benzene rings is 1. The lowest BCUT2D eigenvalue weighted by molar-refractivity contribution is 0.174. The van der Waals surface area contributed by atoms with Crippen LogP contribution in [-0.4, -0.2) is 13.3 Å². The van der Waals surface area contributed by atoms with Gasteiger partial charge in [0.25, 0.3) is 0 Å². The predicted molar refractivity (Wildman–Crippen MR) is 55.1 cm³/mol. The van der Waals surface area contributed by atoms with Gasteiger partial charge in [0.05, 0.1) is 5.02 Å². The third-order valence-electron chi connectivity index (χ3n) is 2.23. The smallest absolute Gasteiger partial charge is 0.231 e. The van der Waals surface area contributed by atoms with Crippen LogP contribution >= 0.6 is 11.6 Å². The zero-order valence-corrected chi connectivity index (χ0v) is 8.76. The zero-order chi connectivity index (χ0) is 10.8. The number of alkyl halides is 1. The molecule has 1 aliphatic heterocycles. The molecule has 2 rings (SSSR count). The molecule has 82 valence electrons. The SMILES string of the molecule is NCCC(F)c1cc(Cl)c2c(c1)OCO2. The van der Waals surface area contributed by atoms with E-state index in [-0.39, 0.29) is 13.2 Å². The topological polar surface area (TPSA) is 44.5 Å². The van der Waals surface area contributed by atoms with Gasteiger partial charge in [-0.3, -0.25) is 0 Å².